The molecule has 0 saturated carbocycles. The van der Waals surface area contributed by atoms with Crippen LogP contribution in [0.3, 0.4) is 0 Å². The molecule has 1 saturated heterocycles. The van der Waals surface area contributed by atoms with Crippen molar-refractivity contribution in [1.82, 2.24) is 19.8 Å². The summed E-state index contributed by atoms with van der Waals surface area (Å²) in [5, 5.41) is 9.42. The van der Waals surface area contributed by atoms with E-state index in [4.69, 9.17) is 0 Å². The summed E-state index contributed by atoms with van der Waals surface area (Å²) in [6.45, 7) is 3.47. The Morgan fingerprint density at radius 2 is 2.35 bits per heavy atom. The number of piperazine rings is 1. The second-order valence-electron chi connectivity index (χ2n) is 4.64. The first-order valence-electron chi connectivity index (χ1n) is 6.29. The van der Waals surface area contributed by atoms with Gasteiger partial charge in [0.05, 0.1) is 5.69 Å². The molecule has 7 heteroatoms. The van der Waals surface area contributed by atoms with Gasteiger partial charge in [-0.3, -0.25) is 4.90 Å². The Bertz CT molecular complexity index is 537. The van der Waals surface area contributed by atoms with Crippen molar-refractivity contribution < 1.29 is 4.39 Å². The fourth-order valence-corrected chi connectivity index (χ4v) is 2.88. The summed E-state index contributed by atoms with van der Waals surface area (Å²) >= 11 is 1.36. The van der Waals surface area contributed by atoms with E-state index in [9.17, 15) is 4.39 Å². The van der Waals surface area contributed by atoms with Crippen molar-refractivity contribution >= 4 is 23.9 Å². The highest BCUT2D eigenvalue weighted by molar-refractivity contribution is 7.03. The third kappa shape index (κ3) is 3.52. The van der Waals surface area contributed by atoms with E-state index in [-0.39, 0.29) is 24.3 Å². The fourth-order valence-electron chi connectivity index (χ4n) is 2.44. The van der Waals surface area contributed by atoms with Crippen molar-refractivity contribution in [3.05, 3.63) is 46.7 Å². The Morgan fingerprint density at radius 3 is 3.10 bits per heavy atom. The lowest BCUT2D eigenvalue weighted by molar-refractivity contribution is 0.151. The van der Waals surface area contributed by atoms with Crippen LogP contribution in [0.1, 0.15) is 17.3 Å². The van der Waals surface area contributed by atoms with Crippen LogP contribution in [-0.2, 0) is 6.54 Å². The number of hydrogen-bond donors (Lipinski definition) is 1. The molecule has 3 rings (SSSR count). The third-order valence-electron chi connectivity index (χ3n) is 3.36. The fraction of sp³-hybridized carbons (Fsp3) is 0.385. The van der Waals surface area contributed by atoms with Crippen molar-refractivity contribution in [1.29, 1.82) is 0 Å². The van der Waals surface area contributed by atoms with E-state index in [1.54, 1.807) is 12.1 Å². The topological polar surface area (TPSA) is 41.0 Å². The molecule has 1 aromatic heterocycles. The average Bonchev–Trinajstić information content (AvgIpc) is 2.92. The van der Waals surface area contributed by atoms with Gasteiger partial charge in [-0.05, 0) is 29.2 Å². The highest BCUT2D eigenvalue weighted by Gasteiger charge is 2.24. The SMILES string of the molecule is Cl.Fc1cccc(C2CNCCN2Cc2csnn2)c1. The standard InChI is InChI=1S/C13H15FN4S.ClH/c14-11-3-1-2-10(6-11)13-7-15-4-5-18(13)8-12-9-19-17-16-12;/h1-3,6,9,13,15H,4-5,7-8H2;1H. The molecule has 0 bridgehead atoms. The largest absolute Gasteiger partial charge is 0.314 e. The van der Waals surface area contributed by atoms with Crippen molar-refractivity contribution in [2.45, 2.75) is 12.6 Å². The van der Waals surface area contributed by atoms with Crippen LogP contribution in [-0.4, -0.2) is 34.1 Å². The summed E-state index contributed by atoms with van der Waals surface area (Å²) in [4.78, 5) is 2.32. The summed E-state index contributed by atoms with van der Waals surface area (Å²) in [6, 6.07) is 7.03. The number of hydrogen-bond acceptors (Lipinski definition) is 5. The van der Waals surface area contributed by atoms with E-state index in [2.05, 4.69) is 19.8 Å². The number of benzene rings is 1. The Kier molecular flexibility index (Phi) is 5.42. The summed E-state index contributed by atoms with van der Waals surface area (Å²) in [5.41, 5.74) is 1.99. The smallest absolute Gasteiger partial charge is 0.123 e. The normalized spacial score (nSPS) is 19.6. The Labute approximate surface area is 127 Å². The Morgan fingerprint density at radius 1 is 1.45 bits per heavy atom. The number of aromatic nitrogens is 2. The third-order valence-corrected chi connectivity index (χ3v) is 3.91. The predicted octanol–water partition coefficient (Wildman–Crippen LogP) is 2.25. The number of nitrogens with zero attached hydrogens (tertiary/aromatic N) is 3. The molecule has 1 atom stereocenters. The van der Waals surface area contributed by atoms with Crippen LogP contribution < -0.4 is 5.32 Å². The minimum atomic E-state index is -0.182. The van der Waals surface area contributed by atoms with Crippen molar-refractivity contribution in [3.63, 3.8) is 0 Å². The molecule has 0 spiro atoms. The van der Waals surface area contributed by atoms with E-state index >= 15 is 0 Å². The van der Waals surface area contributed by atoms with Gasteiger partial charge >= 0.3 is 0 Å². The molecule has 0 aliphatic carbocycles. The first-order valence-corrected chi connectivity index (χ1v) is 7.13. The minimum absolute atomic E-state index is 0. The van der Waals surface area contributed by atoms with Crippen molar-refractivity contribution in [2.75, 3.05) is 19.6 Å². The van der Waals surface area contributed by atoms with Gasteiger partial charge in [0, 0.05) is 37.6 Å². The molecule has 2 aromatic rings. The van der Waals surface area contributed by atoms with Crippen LogP contribution in [0, 0.1) is 5.82 Å². The molecule has 4 nitrogen and oxygen atoms in total. The maximum Gasteiger partial charge on any atom is 0.123 e. The van der Waals surface area contributed by atoms with Crippen molar-refractivity contribution in [3.8, 4) is 0 Å². The van der Waals surface area contributed by atoms with E-state index in [1.165, 1.54) is 17.6 Å². The van der Waals surface area contributed by atoms with Crippen LogP contribution in [0.4, 0.5) is 4.39 Å². The molecule has 1 unspecified atom stereocenters. The number of halogens is 2. The van der Waals surface area contributed by atoms with Gasteiger partial charge < -0.3 is 5.32 Å². The van der Waals surface area contributed by atoms with Gasteiger partial charge in [-0.25, -0.2) is 4.39 Å². The molecule has 20 heavy (non-hydrogen) atoms. The molecule has 1 aliphatic rings. The van der Waals surface area contributed by atoms with Gasteiger partial charge in [-0.15, -0.1) is 17.5 Å². The van der Waals surface area contributed by atoms with Gasteiger partial charge in [-0.1, -0.05) is 16.6 Å². The zero-order valence-corrected chi connectivity index (χ0v) is 12.5. The van der Waals surface area contributed by atoms with Crippen LogP contribution in [0.15, 0.2) is 29.6 Å². The Hall–Kier alpha value is -1.08. The lowest BCUT2D eigenvalue weighted by atomic mass is 10.0. The monoisotopic (exact) mass is 314 g/mol. The van der Waals surface area contributed by atoms with Gasteiger partial charge in [0.2, 0.25) is 0 Å². The summed E-state index contributed by atoms with van der Waals surface area (Å²) in [7, 11) is 0. The lowest BCUT2D eigenvalue weighted by Gasteiger charge is -2.36. The van der Waals surface area contributed by atoms with Crippen molar-refractivity contribution in [2.24, 2.45) is 0 Å². The molecular formula is C13H16ClFN4S. The molecule has 1 aliphatic heterocycles. The van der Waals surface area contributed by atoms with Gasteiger partial charge in [0.25, 0.3) is 0 Å². The summed E-state index contributed by atoms with van der Waals surface area (Å²) in [5.74, 6) is -0.182. The number of rotatable bonds is 3. The molecule has 1 N–H and O–H groups in total. The van der Waals surface area contributed by atoms with E-state index in [0.717, 1.165) is 37.4 Å². The molecule has 1 fully saturated rings. The van der Waals surface area contributed by atoms with Gasteiger partial charge in [-0.2, -0.15) is 0 Å². The minimum Gasteiger partial charge on any atom is -0.314 e. The first-order chi connectivity index (χ1) is 9.33. The number of nitrogens with one attached hydrogen (secondary N) is 1. The van der Waals surface area contributed by atoms with E-state index in [0.29, 0.717) is 0 Å². The maximum atomic E-state index is 13.4. The molecule has 2 heterocycles. The Balaban J connectivity index is 0.00000147. The second-order valence-corrected chi connectivity index (χ2v) is 5.25. The quantitative estimate of drug-likeness (QED) is 0.943. The molecule has 0 amide bonds. The van der Waals surface area contributed by atoms with Crippen LogP contribution in [0.5, 0.6) is 0 Å². The highest BCUT2D eigenvalue weighted by Crippen LogP contribution is 2.24. The van der Waals surface area contributed by atoms with Gasteiger partial charge in [0.1, 0.15) is 5.82 Å². The molecule has 0 radical (unpaired) electrons. The highest BCUT2D eigenvalue weighted by atomic mass is 35.5. The molecule has 1 aromatic carbocycles. The summed E-state index contributed by atoms with van der Waals surface area (Å²) < 4.78 is 17.3. The zero-order valence-electron chi connectivity index (χ0n) is 10.8. The average molecular weight is 315 g/mol. The zero-order chi connectivity index (χ0) is 13.1. The van der Waals surface area contributed by atoms with Gasteiger partial charge in [0.15, 0.2) is 0 Å². The predicted molar refractivity (Wildman–Crippen MR) is 79.6 cm³/mol. The molecular weight excluding hydrogens is 299 g/mol. The lowest BCUT2D eigenvalue weighted by Crippen LogP contribution is -2.45. The molecule has 108 valence electrons. The van der Waals surface area contributed by atoms with Crippen LogP contribution >= 0.6 is 23.9 Å². The maximum absolute atomic E-state index is 13.4. The second kappa shape index (κ2) is 7.08. The van der Waals surface area contributed by atoms with E-state index in [1.807, 2.05) is 11.4 Å². The van der Waals surface area contributed by atoms with E-state index < -0.39 is 0 Å². The van der Waals surface area contributed by atoms with Crippen LogP contribution in [0.2, 0.25) is 0 Å². The van der Waals surface area contributed by atoms with Crippen LogP contribution in [0.25, 0.3) is 0 Å². The summed E-state index contributed by atoms with van der Waals surface area (Å²) in [6.07, 6.45) is 0. The first kappa shape index (κ1) is 15.3.